The van der Waals surface area contributed by atoms with Crippen molar-refractivity contribution < 1.29 is 9.90 Å². The third kappa shape index (κ3) is 3.73. The summed E-state index contributed by atoms with van der Waals surface area (Å²) >= 11 is 6.16. The van der Waals surface area contributed by atoms with Crippen molar-refractivity contribution >= 4 is 47.1 Å². The number of aromatic amines is 1. The Bertz CT molecular complexity index is 671. The zero-order valence-electron chi connectivity index (χ0n) is 10.0. The van der Waals surface area contributed by atoms with Crippen LogP contribution in [-0.2, 0) is 4.79 Å². The Morgan fingerprint density at radius 2 is 2.16 bits per heavy atom. The van der Waals surface area contributed by atoms with Gasteiger partial charge in [0.15, 0.2) is 3.95 Å². The summed E-state index contributed by atoms with van der Waals surface area (Å²) in [5.74, 6) is -0.0955. The summed E-state index contributed by atoms with van der Waals surface area (Å²) in [5, 5.41) is 12.2. The molecule has 0 aliphatic rings. The lowest BCUT2D eigenvalue weighted by Gasteiger charge is -2.01. The van der Waals surface area contributed by atoms with Crippen molar-refractivity contribution in [3.8, 4) is 5.88 Å². The second kappa shape index (κ2) is 5.77. The monoisotopic (exact) mass is 293 g/mol. The Morgan fingerprint density at radius 1 is 1.47 bits per heavy atom. The van der Waals surface area contributed by atoms with Crippen LogP contribution in [0.25, 0.3) is 0 Å². The van der Waals surface area contributed by atoms with Gasteiger partial charge in [-0.25, -0.2) is 0 Å². The van der Waals surface area contributed by atoms with Crippen LogP contribution >= 0.6 is 23.6 Å². The van der Waals surface area contributed by atoms with E-state index in [-0.39, 0.29) is 11.8 Å². The molecule has 0 spiro atoms. The number of carbonyl (C=O) groups is 1. The number of aromatic nitrogens is 1. The van der Waals surface area contributed by atoms with Crippen molar-refractivity contribution in [1.29, 1.82) is 0 Å². The van der Waals surface area contributed by atoms with Crippen LogP contribution in [0.1, 0.15) is 11.8 Å². The van der Waals surface area contributed by atoms with E-state index in [0.717, 1.165) is 0 Å². The van der Waals surface area contributed by atoms with E-state index in [2.05, 4.69) is 15.3 Å². The second-order valence-electron chi connectivity index (χ2n) is 3.71. The molecule has 1 heterocycles. The van der Waals surface area contributed by atoms with Gasteiger partial charge in [-0.2, -0.15) is 0 Å². The number of benzene rings is 1. The summed E-state index contributed by atoms with van der Waals surface area (Å²) in [6.07, 6.45) is 1.54. The van der Waals surface area contributed by atoms with Gasteiger partial charge in [0.25, 0.3) is 0 Å². The Labute approximate surface area is 118 Å². The van der Waals surface area contributed by atoms with Gasteiger partial charge in [0.1, 0.15) is 4.88 Å². The second-order valence-corrected chi connectivity index (χ2v) is 5.43. The number of nitrogens with one attached hydrogen (secondary N) is 2. The predicted octanol–water partition coefficient (Wildman–Crippen LogP) is 3.22. The SMILES string of the molecule is CC(=O)Nc1ccc(N=Cc2sc(=S)[nH]c2O)cc1. The maximum Gasteiger partial charge on any atom is 0.221 e. The van der Waals surface area contributed by atoms with E-state index in [1.807, 2.05) is 0 Å². The summed E-state index contributed by atoms with van der Waals surface area (Å²) in [4.78, 5) is 18.3. The number of aliphatic imine (C=N–C) groups is 1. The molecule has 0 atom stereocenters. The summed E-state index contributed by atoms with van der Waals surface area (Å²) in [6, 6.07) is 7.05. The van der Waals surface area contributed by atoms with Crippen LogP contribution < -0.4 is 5.32 Å². The molecule has 7 heteroatoms. The Kier molecular flexibility index (Phi) is 4.08. The molecule has 19 heavy (non-hydrogen) atoms. The zero-order valence-corrected chi connectivity index (χ0v) is 11.6. The molecule has 1 aromatic carbocycles. The third-order valence-electron chi connectivity index (χ3n) is 2.18. The molecule has 0 saturated carbocycles. The first-order valence-corrected chi connectivity index (χ1v) is 6.61. The third-order valence-corrected chi connectivity index (χ3v) is 3.33. The highest BCUT2D eigenvalue weighted by atomic mass is 32.1. The van der Waals surface area contributed by atoms with Gasteiger partial charge in [-0.1, -0.05) is 11.3 Å². The minimum Gasteiger partial charge on any atom is -0.494 e. The number of anilines is 1. The van der Waals surface area contributed by atoms with Crippen LogP contribution in [0.4, 0.5) is 11.4 Å². The molecule has 0 unspecified atom stereocenters. The molecule has 0 saturated heterocycles. The molecule has 2 rings (SSSR count). The van der Waals surface area contributed by atoms with E-state index < -0.39 is 0 Å². The van der Waals surface area contributed by atoms with Gasteiger partial charge in [-0.05, 0) is 36.5 Å². The molecular weight excluding hydrogens is 282 g/mol. The maximum absolute atomic E-state index is 10.9. The lowest BCUT2D eigenvalue weighted by atomic mass is 10.3. The first-order valence-electron chi connectivity index (χ1n) is 5.38. The molecule has 2 aromatic rings. The largest absolute Gasteiger partial charge is 0.494 e. The average molecular weight is 293 g/mol. The fourth-order valence-corrected chi connectivity index (χ4v) is 2.35. The highest BCUT2D eigenvalue weighted by molar-refractivity contribution is 7.73. The number of thiazole rings is 1. The Balaban J connectivity index is 2.13. The molecule has 3 N–H and O–H groups in total. The van der Waals surface area contributed by atoms with Crippen molar-refractivity contribution in [2.45, 2.75) is 6.92 Å². The number of rotatable bonds is 3. The average Bonchev–Trinajstić information content (AvgIpc) is 2.66. The Hall–Kier alpha value is -1.99. The predicted molar refractivity (Wildman–Crippen MR) is 79.2 cm³/mol. The number of aromatic hydroxyl groups is 1. The van der Waals surface area contributed by atoms with Crippen LogP contribution in [-0.4, -0.2) is 22.2 Å². The molecule has 0 fully saturated rings. The number of H-pyrrole nitrogens is 1. The number of carbonyl (C=O) groups excluding carboxylic acids is 1. The van der Waals surface area contributed by atoms with Crippen molar-refractivity contribution in [2.75, 3.05) is 5.32 Å². The minimum absolute atomic E-state index is 0.0219. The van der Waals surface area contributed by atoms with E-state index >= 15 is 0 Å². The molecule has 1 amide bonds. The fourth-order valence-electron chi connectivity index (χ4n) is 1.39. The normalized spacial score (nSPS) is 10.8. The van der Waals surface area contributed by atoms with Crippen LogP contribution in [0.15, 0.2) is 29.3 Å². The molecular formula is C12H11N3O2S2. The summed E-state index contributed by atoms with van der Waals surface area (Å²) in [7, 11) is 0. The van der Waals surface area contributed by atoms with Crippen LogP contribution in [0.2, 0.25) is 0 Å². The standard InChI is InChI=1S/C12H11N3O2S2/c1-7(16)14-9-4-2-8(3-5-9)13-6-10-11(17)15-12(18)19-10/h2-6,17H,1H3,(H,14,16)(H,15,18). The molecule has 0 aliphatic carbocycles. The van der Waals surface area contributed by atoms with Gasteiger partial charge in [0, 0.05) is 12.6 Å². The summed E-state index contributed by atoms with van der Waals surface area (Å²) < 4.78 is 0.500. The minimum atomic E-state index is -0.117. The number of hydrogen-bond acceptors (Lipinski definition) is 5. The van der Waals surface area contributed by atoms with Gasteiger partial charge in [-0.15, -0.1) is 0 Å². The lowest BCUT2D eigenvalue weighted by Crippen LogP contribution is -2.04. The molecule has 5 nitrogen and oxygen atoms in total. The van der Waals surface area contributed by atoms with Crippen LogP contribution in [0.5, 0.6) is 5.88 Å². The first-order chi connectivity index (χ1) is 9.04. The van der Waals surface area contributed by atoms with Crippen LogP contribution in [0, 0.1) is 3.95 Å². The van der Waals surface area contributed by atoms with E-state index in [4.69, 9.17) is 12.2 Å². The lowest BCUT2D eigenvalue weighted by molar-refractivity contribution is -0.114. The van der Waals surface area contributed by atoms with Crippen molar-refractivity contribution in [3.05, 3.63) is 33.1 Å². The van der Waals surface area contributed by atoms with Crippen molar-refractivity contribution in [3.63, 3.8) is 0 Å². The van der Waals surface area contributed by atoms with Crippen molar-refractivity contribution in [2.24, 2.45) is 4.99 Å². The number of amides is 1. The summed E-state index contributed by atoms with van der Waals surface area (Å²) in [5.41, 5.74) is 1.43. The Morgan fingerprint density at radius 3 is 2.68 bits per heavy atom. The van der Waals surface area contributed by atoms with Gasteiger partial charge in [0.2, 0.25) is 11.8 Å². The zero-order chi connectivity index (χ0) is 13.8. The topological polar surface area (TPSA) is 77.5 Å². The smallest absolute Gasteiger partial charge is 0.221 e. The van der Waals surface area contributed by atoms with E-state index in [1.54, 1.807) is 30.5 Å². The van der Waals surface area contributed by atoms with Crippen LogP contribution in [0.3, 0.4) is 0 Å². The van der Waals surface area contributed by atoms with E-state index in [0.29, 0.717) is 20.2 Å². The quantitative estimate of drug-likeness (QED) is 0.600. The first kappa shape index (κ1) is 13.4. The van der Waals surface area contributed by atoms with E-state index in [9.17, 15) is 9.90 Å². The highest BCUT2D eigenvalue weighted by Gasteiger charge is 2.01. The maximum atomic E-state index is 10.9. The van der Waals surface area contributed by atoms with E-state index in [1.165, 1.54) is 18.3 Å². The molecule has 0 bridgehead atoms. The van der Waals surface area contributed by atoms with Gasteiger partial charge >= 0.3 is 0 Å². The summed E-state index contributed by atoms with van der Waals surface area (Å²) in [6.45, 7) is 1.45. The molecule has 0 aliphatic heterocycles. The fraction of sp³-hybridized carbons (Fsp3) is 0.0833. The number of hydrogen-bond donors (Lipinski definition) is 3. The van der Waals surface area contributed by atoms with Crippen molar-refractivity contribution in [1.82, 2.24) is 4.98 Å². The van der Waals surface area contributed by atoms with Gasteiger partial charge in [0.05, 0.1) is 11.9 Å². The highest BCUT2D eigenvalue weighted by Crippen LogP contribution is 2.21. The van der Waals surface area contributed by atoms with Gasteiger partial charge in [-0.3, -0.25) is 9.79 Å². The molecule has 98 valence electrons. The molecule has 1 aromatic heterocycles. The molecule has 0 radical (unpaired) electrons. The van der Waals surface area contributed by atoms with Gasteiger partial charge < -0.3 is 15.4 Å². The number of nitrogens with zero attached hydrogens (tertiary/aromatic N) is 1.